The van der Waals surface area contributed by atoms with Crippen molar-refractivity contribution in [2.24, 2.45) is 59.2 Å². The minimum atomic E-state index is -1.59. The molecule has 1 heteroatoms. The summed E-state index contributed by atoms with van der Waals surface area (Å²) in [6.45, 7) is 36.1. The molecule has 4 aliphatic carbocycles. The van der Waals surface area contributed by atoms with Gasteiger partial charge in [-0.1, -0.05) is 76.9 Å². The highest BCUT2D eigenvalue weighted by molar-refractivity contribution is 6.80. The molecule has 186 valence electrons. The van der Waals surface area contributed by atoms with Gasteiger partial charge in [0.15, 0.2) is 0 Å². The molecule has 12 atom stereocenters. The third-order valence-electron chi connectivity index (χ3n) is 13.2. The lowest BCUT2D eigenvalue weighted by molar-refractivity contribution is 0.205. The van der Waals surface area contributed by atoms with E-state index in [9.17, 15) is 0 Å². The Morgan fingerprint density at radius 3 is 1.45 bits per heavy atom. The Hall–Kier alpha value is -0.563. The molecule has 0 saturated heterocycles. The summed E-state index contributed by atoms with van der Waals surface area (Å²) in [5.41, 5.74) is 12.0. The zero-order valence-corrected chi connectivity index (χ0v) is 25.4. The predicted octanol–water partition coefficient (Wildman–Crippen LogP) is 9.78. The second-order valence-corrected chi connectivity index (χ2v) is 19.1. The van der Waals surface area contributed by atoms with Crippen molar-refractivity contribution in [1.82, 2.24) is 0 Å². The van der Waals surface area contributed by atoms with Crippen molar-refractivity contribution in [3.63, 3.8) is 0 Å². The Morgan fingerprint density at radius 1 is 0.455 bits per heavy atom. The van der Waals surface area contributed by atoms with Gasteiger partial charge in [0, 0.05) is 0 Å². The van der Waals surface area contributed by atoms with Gasteiger partial charge in [-0.3, -0.25) is 0 Å². The second-order valence-electron chi connectivity index (χ2n) is 14.1. The first-order chi connectivity index (χ1) is 15.2. The monoisotopic (exact) mass is 466 g/mol. The first kappa shape index (κ1) is 25.5. The third kappa shape index (κ3) is 3.26. The van der Waals surface area contributed by atoms with Crippen LogP contribution in [0.3, 0.4) is 0 Å². The molecule has 2 saturated carbocycles. The molecule has 0 radical (unpaired) electrons. The summed E-state index contributed by atoms with van der Waals surface area (Å²) in [5, 5.41) is 0. The molecular weight excluding hydrogens is 412 g/mol. The lowest BCUT2D eigenvalue weighted by Crippen LogP contribution is -2.48. The first-order valence-corrected chi connectivity index (χ1v) is 17.4. The van der Waals surface area contributed by atoms with Crippen molar-refractivity contribution >= 4 is 8.07 Å². The molecule has 0 spiro atoms. The molecule has 0 nitrogen and oxygen atoms in total. The van der Waals surface area contributed by atoms with Gasteiger partial charge in [-0.15, -0.1) is 0 Å². The Bertz CT molecular complexity index is 913. The van der Waals surface area contributed by atoms with Crippen molar-refractivity contribution < 1.29 is 0 Å². The zero-order valence-electron chi connectivity index (χ0n) is 24.4. The van der Waals surface area contributed by atoms with Crippen molar-refractivity contribution in [3.8, 4) is 0 Å². The van der Waals surface area contributed by atoms with Crippen LogP contribution in [0.25, 0.3) is 0 Å². The van der Waals surface area contributed by atoms with Crippen LogP contribution in [0.1, 0.15) is 83.1 Å². The molecule has 7 unspecified atom stereocenters. The van der Waals surface area contributed by atoms with Crippen molar-refractivity contribution in [3.05, 3.63) is 33.4 Å². The summed E-state index contributed by atoms with van der Waals surface area (Å²) in [6, 6.07) is 0. The van der Waals surface area contributed by atoms with E-state index in [0.717, 1.165) is 70.3 Å². The normalized spacial score (nSPS) is 48.5. The molecule has 4 aliphatic rings. The van der Waals surface area contributed by atoms with Crippen LogP contribution in [-0.2, 0) is 0 Å². The minimum Gasteiger partial charge on any atom is -0.0710 e. The van der Waals surface area contributed by atoms with Crippen LogP contribution in [0.5, 0.6) is 0 Å². The minimum absolute atomic E-state index is 0.745. The van der Waals surface area contributed by atoms with Gasteiger partial charge in [0.25, 0.3) is 0 Å². The average molecular weight is 467 g/mol. The van der Waals surface area contributed by atoms with Crippen LogP contribution < -0.4 is 0 Å². The van der Waals surface area contributed by atoms with E-state index in [0.29, 0.717) is 0 Å². The average Bonchev–Trinajstić information content (AvgIpc) is 3.19. The van der Waals surface area contributed by atoms with Crippen LogP contribution >= 0.6 is 0 Å². The Labute approximate surface area is 207 Å². The first-order valence-electron chi connectivity index (χ1n) is 14.2. The number of rotatable bonds is 2. The topological polar surface area (TPSA) is 0 Å². The van der Waals surface area contributed by atoms with E-state index in [1.54, 1.807) is 33.4 Å². The highest BCUT2D eigenvalue weighted by Gasteiger charge is 2.63. The van der Waals surface area contributed by atoms with E-state index >= 15 is 0 Å². The lowest BCUT2D eigenvalue weighted by Gasteiger charge is -2.50. The molecule has 0 aromatic carbocycles. The van der Waals surface area contributed by atoms with Crippen LogP contribution in [0.2, 0.25) is 24.2 Å². The van der Waals surface area contributed by atoms with Gasteiger partial charge in [-0.05, 0) is 123 Å². The fraction of sp³-hybridized carbons (Fsp3) is 0.812. The fourth-order valence-electron chi connectivity index (χ4n) is 10.6. The molecule has 0 bridgehead atoms. The smallest absolute Gasteiger partial charge is 0.0550 e. The summed E-state index contributed by atoms with van der Waals surface area (Å²) in [6.07, 6.45) is 0. The SMILES string of the molecule is CC1=C(C)C2C(C(C)=C1C)[C@@H](C)C(C)C2[Si](C)(C)C1C2[C@@H](C)[C@@H](C)C(C)=C(C)[C@H]2[C@@H](C)C1C. The predicted molar refractivity (Wildman–Crippen MR) is 149 cm³/mol. The fourth-order valence-corrected chi connectivity index (χ4v) is 17.3. The van der Waals surface area contributed by atoms with Crippen LogP contribution in [0, 0.1) is 59.2 Å². The Kier molecular flexibility index (Phi) is 6.38. The van der Waals surface area contributed by atoms with Gasteiger partial charge in [0.2, 0.25) is 0 Å². The number of hydrogen-bond donors (Lipinski definition) is 0. The van der Waals surface area contributed by atoms with E-state index < -0.39 is 8.07 Å². The molecule has 0 aliphatic heterocycles. The largest absolute Gasteiger partial charge is 0.0710 e. The molecule has 0 amide bonds. The number of allylic oxidation sites excluding steroid dienone is 6. The van der Waals surface area contributed by atoms with Gasteiger partial charge in [-0.2, -0.15) is 0 Å². The maximum atomic E-state index is 2.85. The summed E-state index contributed by atoms with van der Waals surface area (Å²) in [5.74, 6) is 8.17. The van der Waals surface area contributed by atoms with E-state index in [1.807, 2.05) is 0 Å². The summed E-state index contributed by atoms with van der Waals surface area (Å²) < 4.78 is 0. The van der Waals surface area contributed by atoms with Gasteiger partial charge < -0.3 is 0 Å². The highest BCUT2D eigenvalue weighted by atomic mass is 28.3. The molecule has 2 fully saturated rings. The quantitative estimate of drug-likeness (QED) is 0.280. The molecule has 0 heterocycles. The van der Waals surface area contributed by atoms with Crippen LogP contribution in [0.15, 0.2) is 33.4 Å². The summed E-state index contributed by atoms with van der Waals surface area (Å²) in [7, 11) is -1.59. The van der Waals surface area contributed by atoms with Crippen molar-refractivity contribution in [2.45, 2.75) is 107 Å². The second kappa shape index (κ2) is 8.24. The molecule has 0 N–H and O–H groups in total. The van der Waals surface area contributed by atoms with E-state index in [2.05, 4.69) is 96.2 Å². The molecule has 0 aromatic rings. The number of fused-ring (bicyclic) bond motifs is 2. The molecular formula is C32H54Si. The van der Waals surface area contributed by atoms with Gasteiger partial charge in [0.1, 0.15) is 0 Å². The Balaban J connectivity index is 1.83. The molecule has 33 heavy (non-hydrogen) atoms. The van der Waals surface area contributed by atoms with Crippen molar-refractivity contribution in [2.75, 3.05) is 0 Å². The van der Waals surface area contributed by atoms with E-state index in [1.165, 1.54) is 0 Å². The van der Waals surface area contributed by atoms with Crippen LogP contribution in [0.4, 0.5) is 0 Å². The number of hydrogen-bond acceptors (Lipinski definition) is 0. The van der Waals surface area contributed by atoms with Crippen LogP contribution in [-0.4, -0.2) is 8.07 Å². The van der Waals surface area contributed by atoms with Gasteiger partial charge in [0.05, 0.1) is 8.07 Å². The lowest BCUT2D eigenvalue weighted by atomic mass is 9.65. The van der Waals surface area contributed by atoms with Crippen molar-refractivity contribution in [1.29, 1.82) is 0 Å². The van der Waals surface area contributed by atoms with E-state index in [-0.39, 0.29) is 0 Å². The maximum absolute atomic E-state index is 2.85. The molecule has 4 rings (SSSR count). The maximum Gasteiger partial charge on any atom is 0.0550 e. The standard InChI is InChI=1S/C32H54Si/c1-15-17(3)21(7)29-27(19(15)5)23(9)25(11)31(29)33(13,14)32-26(12)24(10)28-20(6)16(2)18(4)22(8)30(28)32/h17,21,23-32H,1-14H3/t17-,21-,23-,24-,25?,26?,27-,28?,29?,30?,31?,32?/m0/s1. The van der Waals surface area contributed by atoms with Gasteiger partial charge in [-0.25, -0.2) is 0 Å². The third-order valence-corrected chi connectivity index (χ3v) is 18.4. The molecule has 0 aromatic heterocycles. The zero-order chi connectivity index (χ0) is 24.9. The summed E-state index contributed by atoms with van der Waals surface area (Å²) in [4.78, 5) is 0. The van der Waals surface area contributed by atoms with Gasteiger partial charge >= 0.3 is 0 Å². The van der Waals surface area contributed by atoms with E-state index in [4.69, 9.17) is 0 Å². The Morgan fingerprint density at radius 2 is 0.909 bits per heavy atom. The summed E-state index contributed by atoms with van der Waals surface area (Å²) >= 11 is 0. The highest BCUT2D eigenvalue weighted by Crippen LogP contribution is 2.69.